The van der Waals surface area contributed by atoms with Gasteiger partial charge in [-0.25, -0.2) is 0 Å². The van der Waals surface area contributed by atoms with Gasteiger partial charge in [0.25, 0.3) is 0 Å². The Morgan fingerprint density at radius 3 is 2.21 bits per heavy atom. The predicted molar refractivity (Wildman–Crippen MR) is 281 cm³/mol. The molecule has 1 heterocycles. The highest BCUT2D eigenvalue weighted by molar-refractivity contribution is 6.31. The molecule has 0 unspecified atom stereocenters. The van der Waals surface area contributed by atoms with Crippen molar-refractivity contribution in [1.82, 2.24) is 26.6 Å². The number of hydrogen-bond acceptors (Lipinski definition) is 20. The quantitative estimate of drug-likeness (QED) is 0.0145. The molecule has 0 aromatic heterocycles. The lowest BCUT2D eigenvalue weighted by molar-refractivity contribution is -0.249. The van der Waals surface area contributed by atoms with Crippen LogP contribution in [0.1, 0.15) is 108 Å². The molecule has 2 aliphatic carbocycles. The summed E-state index contributed by atoms with van der Waals surface area (Å²) in [6, 6.07) is 3.60. The Kier molecular flexibility index (Phi) is 20.3. The molecule has 1 fully saturated rings. The molecule has 3 aromatic carbocycles. The molecule has 0 bridgehead atoms. The molecule has 18 N–H and O–H groups in total. The second kappa shape index (κ2) is 26.4. The Morgan fingerprint density at radius 2 is 1.57 bits per heavy atom. The van der Waals surface area contributed by atoms with E-state index in [9.17, 15) is 74.1 Å². The molecule has 1 aliphatic heterocycles. The summed E-state index contributed by atoms with van der Waals surface area (Å²) in [5.74, 6) is -9.58. The Hall–Kier alpha value is -7.79. The number of nitrogens with two attached hydrogens (primary N) is 3. The molecule has 6 rings (SSSR count). The molecule has 3 aromatic rings. The third-order valence-corrected chi connectivity index (χ3v) is 14.4. The fourth-order valence-corrected chi connectivity index (χ4v) is 9.84. The number of phenolic OH excluding ortho intramolecular Hbond substituents is 3. The lowest BCUT2D eigenvalue weighted by Gasteiger charge is -2.43. The third kappa shape index (κ3) is 13.8. The number of nitrogens with zero attached hydrogens (tertiary/aromatic N) is 1. The molecule has 0 saturated carbocycles. The number of nitrogens with one attached hydrogen (secondary N) is 5. The van der Waals surface area contributed by atoms with Crippen LogP contribution in [-0.2, 0) is 51.1 Å². The molecular weight excluding hydrogens is 1050 g/mol. The van der Waals surface area contributed by atoms with Crippen molar-refractivity contribution in [3.05, 3.63) is 81.4 Å². The van der Waals surface area contributed by atoms with Gasteiger partial charge in [-0.1, -0.05) is 44.5 Å². The van der Waals surface area contributed by atoms with Crippen LogP contribution in [0, 0.1) is 5.92 Å². The topological polar surface area (TPSA) is 456 Å². The molecule has 3 aliphatic rings. The van der Waals surface area contributed by atoms with Crippen LogP contribution in [0.5, 0.6) is 23.0 Å². The number of ketones is 3. The summed E-state index contributed by atoms with van der Waals surface area (Å²) in [6.07, 6.45) is -7.14. The van der Waals surface area contributed by atoms with Gasteiger partial charge in [0, 0.05) is 42.5 Å². The molecule has 1 saturated heterocycles. The van der Waals surface area contributed by atoms with E-state index in [-0.39, 0.29) is 65.5 Å². The normalized spacial score (nSPS) is 22.1. The second-order valence-electron chi connectivity index (χ2n) is 20.0. The minimum Gasteiger partial charge on any atom is -0.508 e. The van der Waals surface area contributed by atoms with Crippen LogP contribution >= 0.6 is 0 Å². The van der Waals surface area contributed by atoms with Crippen molar-refractivity contribution in [2.75, 3.05) is 33.4 Å². The van der Waals surface area contributed by atoms with Gasteiger partial charge in [-0.05, 0) is 55.9 Å². The van der Waals surface area contributed by atoms with E-state index in [4.69, 9.17) is 31.4 Å². The first kappa shape index (κ1) is 61.4. The highest BCUT2D eigenvalue weighted by atomic mass is 16.7. The summed E-state index contributed by atoms with van der Waals surface area (Å²) in [5.41, 5.74) is 13.0. The number of aromatic hydroxyl groups is 3. The summed E-state index contributed by atoms with van der Waals surface area (Å²) in [6.45, 7) is 2.00. The van der Waals surface area contributed by atoms with Gasteiger partial charge in [0.15, 0.2) is 23.8 Å². The van der Waals surface area contributed by atoms with Gasteiger partial charge in [-0.15, -0.1) is 0 Å². The van der Waals surface area contributed by atoms with Crippen molar-refractivity contribution in [3.8, 4) is 23.0 Å². The average molecular weight is 1120 g/mol. The maximum absolute atomic E-state index is 14.2. The molecule has 5 amide bonds. The van der Waals surface area contributed by atoms with Gasteiger partial charge < -0.3 is 93.7 Å². The highest BCUT2D eigenvalue weighted by Crippen LogP contribution is 2.52. The number of ether oxygens (including phenoxy) is 3. The molecule has 11 atom stereocenters. The Labute approximate surface area is 458 Å². The standard InChI is InChI=1S/C53H69N9O18/c1-5-23(2)42(62-48(73)29(54)16-25-11-13-26(65)14-12-25)51(76)58-20-36(67)59-32(21-63)50(75)60-30(9-7-15-57-52(55)56)49(74)61-31-17-37(79-24(3)43(31)68)80-34-19-53(77,35(66)22-64)18-28-39(34)47(72)41-40(45(28)70)44(69)27-8-6-10-33(78-4)38(27)46(41)71/h6,8,10-14,23-24,29-32,34,37,42-43,63-65,68,70,72,77H,5,7,9,15-22,54H2,1-4H3,(H,58,76)(H,59,67)(H,60,75)(H,61,74)(H,62,73)(H4,55,56,57)/t23-,24-,29-,30-,31-,32-,34-,37-,42-,43+,53-/m0/s1. The monoisotopic (exact) mass is 1120 g/mol. The number of carbonyl (C=O) groups excluding carboxylic acids is 8. The van der Waals surface area contributed by atoms with E-state index in [1.807, 2.05) is 0 Å². The Balaban J connectivity index is 1.16. The number of guanidine groups is 1. The van der Waals surface area contributed by atoms with E-state index in [1.165, 1.54) is 44.4 Å². The first-order valence-corrected chi connectivity index (χ1v) is 25.8. The van der Waals surface area contributed by atoms with Gasteiger partial charge in [-0.2, -0.15) is 0 Å². The number of rotatable bonds is 24. The van der Waals surface area contributed by atoms with Crippen LogP contribution in [0.15, 0.2) is 47.5 Å². The third-order valence-electron chi connectivity index (χ3n) is 14.4. The van der Waals surface area contributed by atoms with Crippen molar-refractivity contribution >= 4 is 52.8 Å². The van der Waals surface area contributed by atoms with Crippen molar-refractivity contribution < 1.29 is 88.3 Å². The summed E-state index contributed by atoms with van der Waals surface area (Å²) in [5, 5.41) is 89.0. The molecule has 80 heavy (non-hydrogen) atoms. The summed E-state index contributed by atoms with van der Waals surface area (Å²) >= 11 is 0. The smallest absolute Gasteiger partial charge is 0.245 e. The van der Waals surface area contributed by atoms with Crippen LogP contribution in [0.3, 0.4) is 0 Å². The van der Waals surface area contributed by atoms with E-state index >= 15 is 0 Å². The molecule has 27 nitrogen and oxygen atoms in total. The highest BCUT2D eigenvalue weighted by Gasteiger charge is 2.51. The molecule has 0 spiro atoms. The van der Waals surface area contributed by atoms with E-state index in [2.05, 4.69) is 31.6 Å². The Bertz CT molecular complexity index is 2880. The number of benzene rings is 3. The van der Waals surface area contributed by atoms with Crippen LogP contribution < -0.4 is 48.5 Å². The largest absolute Gasteiger partial charge is 0.508 e. The second-order valence-corrected chi connectivity index (χ2v) is 20.0. The number of methoxy groups -OCH3 is 1. The zero-order valence-electron chi connectivity index (χ0n) is 44.4. The first-order chi connectivity index (χ1) is 37.9. The SMILES string of the molecule is CC[C@H](C)[C@H](NC(=O)[C@@H](N)Cc1ccc(O)cc1)C(=O)NCC(=O)N[C@@H](CO)C(=O)N[C@@H](CCCN=C(N)N)C(=O)N[C@H]1C[C@H](O[C@H]2C[C@](O)(C(=O)CO)Cc3c(O)c4c(c(O)c32)C(=O)c2c(OC)cccc2C4=O)O[C@@H](C)[C@H]1O. The number of Topliss-reactive ketones (excluding diaryl/α,β-unsaturated/α-hetero) is 1. The predicted octanol–water partition coefficient (Wildman–Crippen LogP) is -2.90. The van der Waals surface area contributed by atoms with Crippen LogP contribution in [0.4, 0.5) is 0 Å². The van der Waals surface area contributed by atoms with E-state index in [0.29, 0.717) is 12.0 Å². The lowest BCUT2D eigenvalue weighted by Crippen LogP contribution is -2.60. The van der Waals surface area contributed by atoms with Gasteiger partial charge >= 0.3 is 0 Å². The van der Waals surface area contributed by atoms with Crippen LogP contribution in [0.25, 0.3) is 0 Å². The molecule has 434 valence electrons. The first-order valence-electron chi connectivity index (χ1n) is 25.8. The zero-order chi connectivity index (χ0) is 58.9. The number of aliphatic hydroxyl groups is 4. The summed E-state index contributed by atoms with van der Waals surface area (Å²) < 4.78 is 17.6. The summed E-state index contributed by atoms with van der Waals surface area (Å²) in [7, 11) is 1.26. The fraction of sp³-hybridized carbons (Fsp3) is 0.491. The number of aliphatic hydroxyl groups excluding tert-OH is 3. The van der Waals surface area contributed by atoms with Crippen molar-refractivity contribution in [2.45, 2.75) is 126 Å². The van der Waals surface area contributed by atoms with Crippen LogP contribution in [-0.4, -0.2) is 176 Å². The Morgan fingerprint density at radius 1 is 0.887 bits per heavy atom. The van der Waals surface area contributed by atoms with Crippen LogP contribution in [0.2, 0.25) is 0 Å². The number of carbonyl (C=O) groups is 8. The lowest BCUT2D eigenvalue weighted by atomic mass is 9.72. The molecule has 27 heteroatoms. The van der Waals surface area contributed by atoms with Crippen molar-refractivity contribution in [2.24, 2.45) is 28.1 Å². The van der Waals surface area contributed by atoms with E-state index in [0.717, 1.165) is 0 Å². The minimum atomic E-state index is -2.48. The van der Waals surface area contributed by atoms with E-state index < -0.39 is 175 Å². The van der Waals surface area contributed by atoms with Gasteiger partial charge in [-0.3, -0.25) is 43.3 Å². The maximum atomic E-state index is 14.2. The number of aliphatic imine (C=N–C) groups is 1. The molecular formula is C53H69N9O18. The van der Waals surface area contributed by atoms with E-state index in [1.54, 1.807) is 26.0 Å². The van der Waals surface area contributed by atoms with Gasteiger partial charge in [0.05, 0.1) is 61.2 Å². The van der Waals surface area contributed by atoms with Crippen molar-refractivity contribution in [3.63, 3.8) is 0 Å². The fourth-order valence-electron chi connectivity index (χ4n) is 9.84. The molecule has 0 radical (unpaired) electrons. The number of phenols is 3. The maximum Gasteiger partial charge on any atom is 0.245 e. The number of fused-ring (bicyclic) bond motifs is 3. The number of hydrogen-bond donors (Lipinski definition) is 15. The summed E-state index contributed by atoms with van der Waals surface area (Å²) in [4.78, 5) is 113. The van der Waals surface area contributed by atoms with Gasteiger partial charge in [0.2, 0.25) is 35.3 Å². The van der Waals surface area contributed by atoms with Gasteiger partial charge in [0.1, 0.15) is 59.4 Å². The number of amides is 5. The van der Waals surface area contributed by atoms with Crippen molar-refractivity contribution in [1.29, 1.82) is 0 Å². The average Bonchev–Trinajstić information content (AvgIpc) is 3.46. The minimum absolute atomic E-state index is 0.00788. The zero-order valence-corrected chi connectivity index (χ0v) is 44.4.